The van der Waals surface area contributed by atoms with E-state index >= 15 is 0 Å². The normalized spacial score (nSPS) is 12.4. The van der Waals surface area contributed by atoms with Gasteiger partial charge in [0.25, 0.3) is 0 Å². The highest BCUT2D eigenvalue weighted by molar-refractivity contribution is 7.12. The van der Waals surface area contributed by atoms with Gasteiger partial charge < -0.3 is 15.0 Å². The van der Waals surface area contributed by atoms with Gasteiger partial charge in [0.1, 0.15) is 0 Å². The highest BCUT2D eigenvalue weighted by Gasteiger charge is 2.20. The van der Waals surface area contributed by atoms with Gasteiger partial charge in [0.2, 0.25) is 0 Å². The molecule has 0 aliphatic carbocycles. The monoisotopic (exact) mass is 284 g/mol. The molecule has 1 N–H and O–H groups in total. The molecule has 0 saturated heterocycles. The van der Waals surface area contributed by atoms with Crippen molar-refractivity contribution in [3.63, 3.8) is 0 Å². The average molecular weight is 284 g/mol. The van der Waals surface area contributed by atoms with E-state index in [0.29, 0.717) is 6.61 Å². The Morgan fingerprint density at radius 1 is 1.37 bits per heavy atom. The van der Waals surface area contributed by atoms with Crippen molar-refractivity contribution < 1.29 is 4.74 Å². The number of rotatable bonds is 8. The highest BCUT2D eigenvalue weighted by atomic mass is 32.1. The van der Waals surface area contributed by atoms with Crippen molar-refractivity contribution in [1.29, 1.82) is 0 Å². The first-order valence-corrected chi connectivity index (χ1v) is 7.72. The Bertz CT molecular complexity index is 385. The van der Waals surface area contributed by atoms with Crippen LogP contribution in [0.5, 0.6) is 0 Å². The summed E-state index contributed by atoms with van der Waals surface area (Å²) in [6.07, 6.45) is 0. The minimum absolute atomic E-state index is 0.0799. The van der Waals surface area contributed by atoms with Crippen LogP contribution in [0.2, 0.25) is 0 Å². The standard InChI is InChI=1S/C15H28N2OS/c1-7-16-9-14-8-13(12(2)19-14)10-18-11-15(3,4)17(5)6/h8,16H,7,9-11H2,1-6H3. The second kappa shape index (κ2) is 7.39. The summed E-state index contributed by atoms with van der Waals surface area (Å²) in [5.74, 6) is 0. The van der Waals surface area contributed by atoms with E-state index in [-0.39, 0.29) is 5.54 Å². The number of ether oxygens (including phenoxy) is 1. The predicted molar refractivity (Wildman–Crippen MR) is 83.9 cm³/mol. The lowest BCUT2D eigenvalue weighted by Gasteiger charge is -2.32. The molecule has 3 nitrogen and oxygen atoms in total. The van der Waals surface area contributed by atoms with Crippen LogP contribution in [0.25, 0.3) is 0 Å². The molecule has 0 amide bonds. The minimum atomic E-state index is 0.0799. The van der Waals surface area contributed by atoms with E-state index in [0.717, 1.165) is 19.7 Å². The van der Waals surface area contributed by atoms with Gasteiger partial charge in [-0.2, -0.15) is 0 Å². The van der Waals surface area contributed by atoms with Crippen molar-refractivity contribution in [2.75, 3.05) is 27.2 Å². The lowest BCUT2D eigenvalue weighted by molar-refractivity contribution is 0.0274. The van der Waals surface area contributed by atoms with E-state index in [1.54, 1.807) is 0 Å². The zero-order valence-electron chi connectivity index (χ0n) is 13.2. The van der Waals surface area contributed by atoms with E-state index < -0.39 is 0 Å². The summed E-state index contributed by atoms with van der Waals surface area (Å²) in [5.41, 5.74) is 1.41. The van der Waals surface area contributed by atoms with Crippen LogP contribution >= 0.6 is 11.3 Å². The summed E-state index contributed by atoms with van der Waals surface area (Å²) >= 11 is 1.87. The zero-order valence-corrected chi connectivity index (χ0v) is 14.0. The van der Waals surface area contributed by atoms with Crippen LogP contribution < -0.4 is 5.32 Å². The molecule has 0 aromatic carbocycles. The molecule has 0 fully saturated rings. The van der Waals surface area contributed by atoms with Crippen molar-refractivity contribution >= 4 is 11.3 Å². The maximum atomic E-state index is 5.89. The Hall–Kier alpha value is -0.420. The number of nitrogens with zero attached hydrogens (tertiary/aromatic N) is 1. The van der Waals surface area contributed by atoms with Crippen LogP contribution in [-0.2, 0) is 17.9 Å². The minimum Gasteiger partial charge on any atom is -0.375 e. The van der Waals surface area contributed by atoms with Gasteiger partial charge in [-0.1, -0.05) is 6.92 Å². The SMILES string of the molecule is CCNCc1cc(COCC(C)(C)N(C)C)c(C)s1. The van der Waals surface area contributed by atoms with Crippen LogP contribution in [0.1, 0.15) is 36.1 Å². The summed E-state index contributed by atoms with van der Waals surface area (Å²) in [4.78, 5) is 4.96. The largest absolute Gasteiger partial charge is 0.375 e. The van der Waals surface area contributed by atoms with Gasteiger partial charge in [-0.05, 0) is 53.0 Å². The van der Waals surface area contributed by atoms with Crippen molar-refractivity contribution in [2.24, 2.45) is 0 Å². The Labute approximate surface area is 122 Å². The van der Waals surface area contributed by atoms with Gasteiger partial charge in [-0.25, -0.2) is 0 Å². The summed E-state index contributed by atoms with van der Waals surface area (Å²) in [7, 11) is 4.18. The van der Waals surface area contributed by atoms with Gasteiger partial charge in [0, 0.05) is 21.8 Å². The third kappa shape index (κ3) is 5.22. The second-order valence-corrected chi connectivity index (χ2v) is 7.12. The molecule has 0 bridgehead atoms. The Balaban J connectivity index is 2.47. The third-order valence-electron chi connectivity index (χ3n) is 3.54. The first-order chi connectivity index (χ1) is 8.86. The number of likely N-dealkylation sites (N-methyl/N-ethyl adjacent to an activating group) is 1. The van der Waals surface area contributed by atoms with Crippen LogP contribution in [-0.4, -0.2) is 37.7 Å². The summed E-state index contributed by atoms with van der Waals surface area (Å²) < 4.78 is 5.89. The van der Waals surface area contributed by atoms with Crippen molar-refractivity contribution in [1.82, 2.24) is 10.2 Å². The molecule has 1 aromatic heterocycles. The zero-order chi connectivity index (χ0) is 14.5. The van der Waals surface area contributed by atoms with Gasteiger partial charge in [-0.15, -0.1) is 11.3 Å². The molecule has 19 heavy (non-hydrogen) atoms. The van der Waals surface area contributed by atoms with Gasteiger partial charge >= 0.3 is 0 Å². The van der Waals surface area contributed by atoms with Crippen molar-refractivity contribution in [2.45, 2.75) is 46.4 Å². The van der Waals surface area contributed by atoms with Crippen molar-refractivity contribution in [3.05, 3.63) is 21.4 Å². The Morgan fingerprint density at radius 2 is 2.05 bits per heavy atom. The fraction of sp³-hybridized carbons (Fsp3) is 0.733. The third-order valence-corrected chi connectivity index (χ3v) is 4.64. The lowest BCUT2D eigenvalue weighted by Crippen LogP contribution is -2.42. The van der Waals surface area contributed by atoms with E-state index in [4.69, 9.17) is 4.74 Å². The second-order valence-electron chi connectivity index (χ2n) is 5.77. The first kappa shape index (κ1) is 16.6. The highest BCUT2D eigenvalue weighted by Crippen LogP contribution is 2.23. The predicted octanol–water partition coefficient (Wildman–Crippen LogP) is 3.02. The molecule has 0 saturated carbocycles. The molecular formula is C15H28N2OS. The van der Waals surface area contributed by atoms with Crippen LogP contribution in [0.15, 0.2) is 6.07 Å². The quantitative estimate of drug-likeness (QED) is 0.794. The molecule has 110 valence electrons. The fourth-order valence-electron chi connectivity index (χ4n) is 1.61. The number of aryl methyl sites for hydroxylation is 1. The molecule has 1 heterocycles. The van der Waals surface area contributed by atoms with Crippen LogP contribution in [0.3, 0.4) is 0 Å². The number of hydrogen-bond donors (Lipinski definition) is 1. The molecule has 4 heteroatoms. The van der Waals surface area contributed by atoms with Crippen molar-refractivity contribution in [3.8, 4) is 0 Å². The maximum Gasteiger partial charge on any atom is 0.0728 e. The number of nitrogens with one attached hydrogen (secondary N) is 1. The molecule has 0 spiro atoms. The number of hydrogen-bond acceptors (Lipinski definition) is 4. The van der Waals surface area contributed by atoms with Crippen LogP contribution in [0.4, 0.5) is 0 Å². The summed E-state index contributed by atoms with van der Waals surface area (Å²) in [6.45, 7) is 12.1. The van der Waals surface area contributed by atoms with Gasteiger partial charge in [0.15, 0.2) is 0 Å². The van der Waals surface area contributed by atoms with E-state index in [1.165, 1.54) is 15.3 Å². The smallest absolute Gasteiger partial charge is 0.0728 e. The van der Waals surface area contributed by atoms with E-state index in [2.05, 4.69) is 58.1 Å². The maximum absolute atomic E-state index is 5.89. The Morgan fingerprint density at radius 3 is 2.63 bits per heavy atom. The van der Waals surface area contributed by atoms with Crippen LogP contribution in [0, 0.1) is 6.92 Å². The molecule has 0 aliphatic rings. The molecule has 1 rings (SSSR count). The summed E-state index contributed by atoms with van der Waals surface area (Å²) in [5, 5.41) is 3.36. The van der Waals surface area contributed by atoms with Gasteiger partial charge in [-0.3, -0.25) is 0 Å². The number of thiophene rings is 1. The lowest BCUT2D eigenvalue weighted by atomic mass is 10.1. The van der Waals surface area contributed by atoms with E-state index in [1.807, 2.05) is 11.3 Å². The topological polar surface area (TPSA) is 24.5 Å². The average Bonchev–Trinajstić information content (AvgIpc) is 2.67. The molecular weight excluding hydrogens is 256 g/mol. The summed E-state index contributed by atoms with van der Waals surface area (Å²) in [6, 6.07) is 2.27. The molecule has 0 aliphatic heterocycles. The van der Waals surface area contributed by atoms with E-state index in [9.17, 15) is 0 Å². The van der Waals surface area contributed by atoms with Gasteiger partial charge in [0.05, 0.1) is 13.2 Å². The molecule has 0 atom stereocenters. The first-order valence-electron chi connectivity index (χ1n) is 6.91. The molecule has 1 aromatic rings. The Kier molecular flexibility index (Phi) is 6.47. The fourth-order valence-corrected chi connectivity index (χ4v) is 2.62. The molecule has 0 unspecified atom stereocenters. The molecule has 0 radical (unpaired) electrons.